The molecule has 0 aliphatic carbocycles. The lowest BCUT2D eigenvalue weighted by molar-refractivity contribution is 0.414. The van der Waals surface area contributed by atoms with Gasteiger partial charge in [-0.15, -0.1) is 0 Å². The van der Waals surface area contributed by atoms with Gasteiger partial charge in [0.15, 0.2) is 0 Å². The highest BCUT2D eigenvalue weighted by atomic mass is 32.2. The van der Waals surface area contributed by atoms with E-state index in [1.54, 1.807) is 25.1 Å². The number of ether oxygens (including phenoxy) is 1. The molecule has 3 aromatic rings. The minimum absolute atomic E-state index is 0.669. The van der Waals surface area contributed by atoms with Crippen molar-refractivity contribution in [2.24, 2.45) is 0 Å². The average Bonchev–Trinajstić information content (AvgIpc) is 2.56. The van der Waals surface area contributed by atoms with Gasteiger partial charge in [0.1, 0.15) is 16.6 Å². The first-order chi connectivity index (χ1) is 11.2. The third kappa shape index (κ3) is 4.23. The van der Waals surface area contributed by atoms with E-state index in [-0.39, 0.29) is 0 Å². The number of benzene rings is 2. The van der Waals surface area contributed by atoms with E-state index in [0.717, 1.165) is 32.7 Å². The quantitative estimate of drug-likeness (QED) is 0.571. The van der Waals surface area contributed by atoms with Gasteiger partial charge in [0.25, 0.3) is 0 Å². The predicted molar refractivity (Wildman–Crippen MR) is 92.8 cm³/mol. The molecule has 4 nitrogen and oxygen atoms in total. The lowest BCUT2D eigenvalue weighted by Gasteiger charge is -2.05. The van der Waals surface area contributed by atoms with E-state index in [9.17, 15) is 0 Å². The molecule has 0 atom stereocenters. The number of nitrogens with zero attached hydrogens (tertiary/aromatic N) is 2. The number of nitrogen functional groups attached to an aromatic ring is 1. The van der Waals surface area contributed by atoms with Gasteiger partial charge in [-0.3, -0.25) is 0 Å². The van der Waals surface area contributed by atoms with Gasteiger partial charge in [-0.05, 0) is 48.0 Å². The fourth-order valence-corrected chi connectivity index (χ4v) is 2.97. The van der Waals surface area contributed by atoms with Crippen molar-refractivity contribution in [2.45, 2.75) is 16.3 Å². The molecule has 0 fully saturated rings. The second-order valence-corrected chi connectivity index (χ2v) is 6.10. The Morgan fingerprint density at radius 3 is 2.65 bits per heavy atom. The molecule has 0 amide bonds. The van der Waals surface area contributed by atoms with Crippen LogP contribution in [0.3, 0.4) is 0 Å². The highest BCUT2D eigenvalue weighted by Crippen LogP contribution is 2.27. The third-order valence-corrected chi connectivity index (χ3v) is 4.22. The molecule has 0 bridgehead atoms. The smallest absolute Gasteiger partial charge is 0.133 e. The van der Waals surface area contributed by atoms with Crippen molar-refractivity contribution < 1.29 is 4.74 Å². The van der Waals surface area contributed by atoms with Crippen molar-refractivity contribution in [1.82, 2.24) is 9.97 Å². The van der Waals surface area contributed by atoms with E-state index in [1.807, 2.05) is 54.6 Å². The Morgan fingerprint density at radius 1 is 1.09 bits per heavy atom. The van der Waals surface area contributed by atoms with Crippen LogP contribution in [-0.2, 0) is 6.42 Å². The van der Waals surface area contributed by atoms with E-state index < -0.39 is 0 Å². The monoisotopic (exact) mass is 323 g/mol. The van der Waals surface area contributed by atoms with Crippen molar-refractivity contribution in [1.29, 1.82) is 0 Å². The summed E-state index contributed by atoms with van der Waals surface area (Å²) in [5, 5.41) is 0.920. The molecule has 23 heavy (non-hydrogen) atoms. The number of hydrogen-bond donors (Lipinski definition) is 1. The van der Waals surface area contributed by atoms with E-state index in [2.05, 4.69) is 9.97 Å². The van der Waals surface area contributed by atoms with Crippen LogP contribution in [0.1, 0.15) is 11.4 Å². The van der Waals surface area contributed by atoms with E-state index in [1.165, 1.54) is 0 Å². The predicted octanol–water partition coefficient (Wildman–Crippen LogP) is 3.81. The Morgan fingerprint density at radius 2 is 1.91 bits per heavy atom. The van der Waals surface area contributed by atoms with Gasteiger partial charge in [-0.25, -0.2) is 9.97 Å². The molecule has 0 radical (unpaired) electrons. The highest BCUT2D eigenvalue weighted by Gasteiger charge is 2.04. The Labute approximate surface area is 139 Å². The molecule has 5 heteroatoms. The Balaban J connectivity index is 1.74. The first kappa shape index (κ1) is 15.4. The number of rotatable bonds is 5. The Kier molecular flexibility index (Phi) is 4.78. The second-order valence-electron chi connectivity index (χ2n) is 5.01. The zero-order valence-electron chi connectivity index (χ0n) is 12.8. The second kappa shape index (κ2) is 7.15. The molecule has 1 aromatic heterocycles. The SMILES string of the molecule is COc1ccc(Sc2ccnc(Cc3cccc(N)c3)n2)cc1. The van der Waals surface area contributed by atoms with Crippen LogP contribution in [0.25, 0.3) is 0 Å². The minimum atomic E-state index is 0.669. The number of hydrogen-bond acceptors (Lipinski definition) is 5. The molecule has 116 valence electrons. The number of anilines is 1. The normalized spacial score (nSPS) is 10.5. The Hall–Kier alpha value is -2.53. The van der Waals surface area contributed by atoms with E-state index in [0.29, 0.717) is 6.42 Å². The first-order valence-electron chi connectivity index (χ1n) is 7.21. The molecule has 1 heterocycles. The van der Waals surface area contributed by atoms with Gasteiger partial charge in [0.05, 0.1) is 7.11 Å². The Bertz CT molecular complexity index is 790. The van der Waals surface area contributed by atoms with Crippen molar-refractivity contribution in [3.05, 3.63) is 72.2 Å². The van der Waals surface area contributed by atoms with Crippen LogP contribution in [0.15, 0.2) is 70.7 Å². The van der Waals surface area contributed by atoms with Crippen molar-refractivity contribution >= 4 is 17.4 Å². The minimum Gasteiger partial charge on any atom is -0.497 e. The van der Waals surface area contributed by atoms with Gasteiger partial charge in [-0.2, -0.15) is 0 Å². The number of methoxy groups -OCH3 is 1. The van der Waals surface area contributed by atoms with E-state index in [4.69, 9.17) is 10.5 Å². The summed E-state index contributed by atoms with van der Waals surface area (Å²) in [4.78, 5) is 10.1. The zero-order valence-corrected chi connectivity index (χ0v) is 13.6. The number of aromatic nitrogens is 2. The van der Waals surface area contributed by atoms with Crippen molar-refractivity contribution in [3.8, 4) is 5.75 Å². The average molecular weight is 323 g/mol. The maximum Gasteiger partial charge on any atom is 0.133 e. The molecule has 3 rings (SSSR count). The molecule has 2 N–H and O–H groups in total. The van der Waals surface area contributed by atoms with Gasteiger partial charge in [0.2, 0.25) is 0 Å². The maximum absolute atomic E-state index is 5.81. The fraction of sp³-hybridized carbons (Fsp3) is 0.111. The lowest BCUT2D eigenvalue weighted by Crippen LogP contribution is -1.98. The summed E-state index contributed by atoms with van der Waals surface area (Å²) in [6.45, 7) is 0. The topological polar surface area (TPSA) is 61.0 Å². The summed E-state index contributed by atoms with van der Waals surface area (Å²) in [5.41, 5.74) is 7.68. The summed E-state index contributed by atoms with van der Waals surface area (Å²) in [5.74, 6) is 1.63. The van der Waals surface area contributed by atoms with Gasteiger partial charge in [-0.1, -0.05) is 23.9 Å². The summed E-state index contributed by atoms with van der Waals surface area (Å²) in [6, 6.07) is 17.6. The summed E-state index contributed by atoms with van der Waals surface area (Å²) in [7, 11) is 1.66. The maximum atomic E-state index is 5.81. The van der Waals surface area contributed by atoms with Crippen LogP contribution in [0, 0.1) is 0 Å². The zero-order chi connectivity index (χ0) is 16.1. The molecular weight excluding hydrogens is 306 g/mol. The van der Waals surface area contributed by atoms with Crippen molar-refractivity contribution in [2.75, 3.05) is 12.8 Å². The molecule has 0 aliphatic rings. The number of nitrogens with two attached hydrogens (primary N) is 1. The van der Waals surface area contributed by atoms with Crippen LogP contribution < -0.4 is 10.5 Å². The van der Waals surface area contributed by atoms with Crippen LogP contribution >= 0.6 is 11.8 Å². The third-order valence-electron chi connectivity index (χ3n) is 3.28. The molecule has 2 aromatic carbocycles. The standard InChI is InChI=1S/C18H17N3OS/c1-22-15-5-7-16(8-6-15)23-18-9-10-20-17(21-18)12-13-3-2-4-14(19)11-13/h2-11H,12,19H2,1H3. The van der Waals surface area contributed by atoms with Crippen LogP contribution in [0.4, 0.5) is 5.69 Å². The summed E-state index contributed by atoms with van der Waals surface area (Å²) < 4.78 is 5.17. The van der Waals surface area contributed by atoms with Crippen LogP contribution in [0.5, 0.6) is 5.75 Å². The molecule has 0 unspecified atom stereocenters. The van der Waals surface area contributed by atoms with Crippen LogP contribution in [-0.4, -0.2) is 17.1 Å². The fourth-order valence-electron chi connectivity index (χ4n) is 2.17. The van der Waals surface area contributed by atoms with Gasteiger partial charge < -0.3 is 10.5 Å². The summed E-state index contributed by atoms with van der Waals surface area (Å²) in [6.07, 6.45) is 2.46. The summed E-state index contributed by atoms with van der Waals surface area (Å²) >= 11 is 1.60. The molecule has 0 spiro atoms. The van der Waals surface area contributed by atoms with E-state index >= 15 is 0 Å². The largest absolute Gasteiger partial charge is 0.497 e. The lowest BCUT2D eigenvalue weighted by atomic mass is 10.1. The molecule has 0 saturated carbocycles. The van der Waals surface area contributed by atoms with Crippen molar-refractivity contribution in [3.63, 3.8) is 0 Å². The molecule has 0 saturated heterocycles. The van der Waals surface area contributed by atoms with Gasteiger partial charge in [0, 0.05) is 23.2 Å². The van der Waals surface area contributed by atoms with Gasteiger partial charge >= 0.3 is 0 Å². The molecule has 0 aliphatic heterocycles. The first-order valence-corrected chi connectivity index (χ1v) is 8.03. The van der Waals surface area contributed by atoms with Crippen LogP contribution in [0.2, 0.25) is 0 Å². The molecular formula is C18H17N3OS. The highest BCUT2D eigenvalue weighted by molar-refractivity contribution is 7.99.